The van der Waals surface area contributed by atoms with E-state index in [0.717, 1.165) is 37.1 Å². The number of benzene rings is 2. The standard InChI is InChI=1S/C18H15F4NO2/c19-13-5-1-11(2-6-13)16(17(24)23-14-7-8-14)25-15-9-3-12(4-10-15)18(20,21)22/h1-6,9-10,14,16H,7-8H2,(H,23,24)/t16-/m1/s1. The zero-order valence-corrected chi connectivity index (χ0v) is 13.0. The summed E-state index contributed by atoms with van der Waals surface area (Å²) in [4.78, 5) is 12.4. The van der Waals surface area contributed by atoms with Crippen molar-refractivity contribution in [2.45, 2.75) is 31.2 Å². The molecule has 0 bridgehead atoms. The van der Waals surface area contributed by atoms with Crippen LogP contribution in [0.5, 0.6) is 5.75 Å². The minimum absolute atomic E-state index is 0.0895. The lowest BCUT2D eigenvalue weighted by Gasteiger charge is -2.19. The summed E-state index contributed by atoms with van der Waals surface area (Å²) in [5, 5.41) is 2.79. The Balaban J connectivity index is 1.81. The van der Waals surface area contributed by atoms with Gasteiger partial charge in [-0.3, -0.25) is 4.79 Å². The lowest BCUT2D eigenvalue weighted by atomic mass is 10.1. The molecule has 1 aliphatic carbocycles. The number of halogens is 4. The number of carbonyl (C=O) groups is 1. The Labute approximate surface area is 141 Å². The Morgan fingerprint density at radius 1 is 1.04 bits per heavy atom. The first-order valence-electron chi connectivity index (χ1n) is 7.73. The number of hydrogen-bond donors (Lipinski definition) is 1. The normalized spacial score (nSPS) is 15.5. The van der Waals surface area contributed by atoms with Crippen LogP contribution >= 0.6 is 0 Å². The molecule has 3 rings (SSSR count). The molecule has 2 aromatic carbocycles. The molecule has 1 aliphatic rings. The first-order valence-corrected chi connectivity index (χ1v) is 7.73. The van der Waals surface area contributed by atoms with Gasteiger partial charge in [0.1, 0.15) is 11.6 Å². The summed E-state index contributed by atoms with van der Waals surface area (Å²) < 4.78 is 56.6. The molecular formula is C18H15F4NO2. The molecule has 1 saturated carbocycles. The van der Waals surface area contributed by atoms with Crippen LogP contribution in [-0.4, -0.2) is 11.9 Å². The van der Waals surface area contributed by atoms with Crippen molar-refractivity contribution in [1.82, 2.24) is 5.32 Å². The Kier molecular flexibility index (Phi) is 4.65. The summed E-state index contributed by atoms with van der Waals surface area (Å²) in [5.74, 6) is -0.748. The van der Waals surface area contributed by atoms with Crippen molar-refractivity contribution in [2.24, 2.45) is 0 Å². The highest BCUT2D eigenvalue weighted by atomic mass is 19.4. The SMILES string of the molecule is O=C(NC1CC1)[C@H](Oc1ccc(C(F)(F)F)cc1)c1ccc(F)cc1. The van der Waals surface area contributed by atoms with E-state index in [4.69, 9.17) is 4.74 Å². The molecule has 0 saturated heterocycles. The fourth-order valence-corrected chi connectivity index (χ4v) is 2.27. The van der Waals surface area contributed by atoms with E-state index in [1.807, 2.05) is 0 Å². The van der Waals surface area contributed by atoms with Gasteiger partial charge >= 0.3 is 6.18 Å². The van der Waals surface area contributed by atoms with Gasteiger partial charge in [-0.2, -0.15) is 13.2 Å². The molecule has 0 radical (unpaired) electrons. The Bertz CT molecular complexity index is 737. The predicted molar refractivity (Wildman–Crippen MR) is 82.4 cm³/mol. The van der Waals surface area contributed by atoms with Gasteiger partial charge in [-0.05, 0) is 49.2 Å². The van der Waals surface area contributed by atoms with Gasteiger partial charge < -0.3 is 10.1 Å². The summed E-state index contributed by atoms with van der Waals surface area (Å²) in [7, 11) is 0. The minimum atomic E-state index is -4.45. The third-order valence-electron chi connectivity index (χ3n) is 3.77. The molecule has 132 valence electrons. The van der Waals surface area contributed by atoms with Crippen molar-refractivity contribution in [1.29, 1.82) is 0 Å². The summed E-state index contributed by atoms with van der Waals surface area (Å²) >= 11 is 0. The van der Waals surface area contributed by atoms with E-state index in [-0.39, 0.29) is 11.8 Å². The Hall–Kier alpha value is -2.57. The first kappa shape index (κ1) is 17.3. The molecular weight excluding hydrogens is 338 g/mol. The molecule has 0 aliphatic heterocycles. The summed E-state index contributed by atoms with van der Waals surface area (Å²) in [6, 6.07) is 9.39. The number of alkyl halides is 3. The van der Waals surface area contributed by atoms with E-state index >= 15 is 0 Å². The van der Waals surface area contributed by atoms with E-state index in [1.165, 1.54) is 24.3 Å². The molecule has 3 nitrogen and oxygen atoms in total. The van der Waals surface area contributed by atoms with Crippen molar-refractivity contribution < 1.29 is 27.1 Å². The van der Waals surface area contributed by atoms with Crippen LogP contribution < -0.4 is 10.1 Å². The van der Waals surface area contributed by atoms with Gasteiger partial charge in [-0.1, -0.05) is 12.1 Å². The van der Waals surface area contributed by atoms with Crippen molar-refractivity contribution in [2.75, 3.05) is 0 Å². The summed E-state index contributed by atoms with van der Waals surface area (Å²) in [6.45, 7) is 0. The molecule has 25 heavy (non-hydrogen) atoms. The second-order valence-corrected chi connectivity index (χ2v) is 5.85. The van der Waals surface area contributed by atoms with Gasteiger partial charge in [-0.15, -0.1) is 0 Å². The Morgan fingerprint density at radius 3 is 2.16 bits per heavy atom. The third-order valence-corrected chi connectivity index (χ3v) is 3.77. The smallest absolute Gasteiger partial charge is 0.416 e. The summed E-state index contributed by atoms with van der Waals surface area (Å²) in [6.07, 6.45) is -3.76. The van der Waals surface area contributed by atoms with E-state index in [0.29, 0.717) is 5.56 Å². The lowest BCUT2D eigenvalue weighted by Crippen LogP contribution is -2.33. The lowest BCUT2D eigenvalue weighted by molar-refractivity contribution is -0.137. The van der Waals surface area contributed by atoms with Crippen LogP contribution in [0.3, 0.4) is 0 Å². The minimum Gasteiger partial charge on any atom is -0.476 e. The predicted octanol–water partition coefficient (Wildman–Crippen LogP) is 4.24. The van der Waals surface area contributed by atoms with Crippen LogP contribution in [0.2, 0.25) is 0 Å². The van der Waals surface area contributed by atoms with Gasteiger partial charge in [0.2, 0.25) is 6.10 Å². The van der Waals surface area contributed by atoms with E-state index in [9.17, 15) is 22.4 Å². The molecule has 1 amide bonds. The van der Waals surface area contributed by atoms with Gasteiger partial charge in [0.25, 0.3) is 5.91 Å². The highest BCUT2D eigenvalue weighted by Crippen LogP contribution is 2.31. The second-order valence-electron chi connectivity index (χ2n) is 5.85. The molecule has 1 N–H and O–H groups in total. The number of carbonyl (C=O) groups excluding carboxylic acids is 1. The van der Waals surface area contributed by atoms with Crippen LogP contribution in [0.25, 0.3) is 0 Å². The van der Waals surface area contributed by atoms with Crippen LogP contribution in [-0.2, 0) is 11.0 Å². The van der Waals surface area contributed by atoms with Crippen molar-refractivity contribution in [3.8, 4) is 5.75 Å². The topological polar surface area (TPSA) is 38.3 Å². The average Bonchev–Trinajstić information content (AvgIpc) is 3.37. The highest BCUT2D eigenvalue weighted by Gasteiger charge is 2.31. The summed E-state index contributed by atoms with van der Waals surface area (Å²) in [5.41, 5.74) is -0.389. The zero-order chi connectivity index (χ0) is 18.0. The van der Waals surface area contributed by atoms with E-state index < -0.39 is 29.6 Å². The number of ether oxygens (including phenoxy) is 1. The molecule has 1 atom stereocenters. The largest absolute Gasteiger partial charge is 0.476 e. The molecule has 0 unspecified atom stereocenters. The first-order chi connectivity index (χ1) is 11.8. The third kappa shape index (κ3) is 4.49. The van der Waals surface area contributed by atoms with Gasteiger partial charge in [0.15, 0.2) is 0 Å². The molecule has 0 aromatic heterocycles. The van der Waals surface area contributed by atoms with Crippen molar-refractivity contribution in [3.63, 3.8) is 0 Å². The number of nitrogens with one attached hydrogen (secondary N) is 1. The number of amides is 1. The van der Waals surface area contributed by atoms with E-state index in [1.54, 1.807) is 0 Å². The van der Waals surface area contributed by atoms with Gasteiger partial charge in [0, 0.05) is 11.6 Å². The fourth-order valence-electron chi connectivity index (χ4n) is 2.27. The fraction of sp³-hybridized carbons (Fsp3) is 0.278. The van der Waals surface area contributed by atoms with Crippen LogP contribution in [0.15, 0.2) is 48.5 Å². The molecule has 1 fully saturated rings. The highest BCUT2D eigenvalue weighted by molar-refractivity contribution is 5.83. The zero-order valence-electron chi connectivity index (χ0n) is 13.0. The quantitative estimate of drug-likeness (QED) is 0.817. The van der Waals surface area contributed by atoms with Crippen LogP contribution in [0.1, 0.15) is 30.1 Å². The maximum Gasteiger partial charge on any atom is 0.416 e. The maximum absolute atomic E-state index is 13.1. The van der Waals surface area contributed by atoms with Crippen molar-refractivity contribution >= 4 is 5.91 Å². The maximum atomic E-state index is 13.1. The van der Waals surface area contributed by atoms with Crippen molar-refractivity contribution in [3.05, 3.63) is 65.5 Å². The molecule has 0 heterocycles. The van der Waals surface area contributed by atoms with Crippen LogP contribution in [0, 0.1) is 5.82 Å². The second kappa shape index (κ2) is 6.74. The van der Waals surface area contributed by atoms with Gasteiger partial charge in [0.05, 0.1) is 5.56 Å². The van der Waals surface area contributed by atoms with E-state index in [2.05, 4.69) is 5.32 Å². The number of rotatable bonds is 5. The molecule has 0 spiro atoms. The van der Waals surface area contributed by atoms with Crippen LogP contribution in [0.4, 0.5) is 17.6 Å². The molecule has 2 aromatic rings. The monoisotopic (exact) mass is 353 g/mol. The number of hydrogen-bond acceptors (Lipinski definition) is 2. The Morgan fingerprint density at radius 2 is 1.64 bits per heavy atom. The molecule has 7 heteroatoms. The van der Waals surface area contributed by atoms with Gasteiger partial charge in [-0.25, -0.2) is 4.39 Å². The average molecular weight is 353 g/mol.